The van der Waals surface area contributed by atoms with E-state index in [1.165, 1.54) is 24.3 Å². The minimum absolute atomic E-state index is 0.131. The molecule has 158 valence electrons. The lowest BCUT2D eigenvalue weighted by atomic mass is 10.0. The lowest BCUT2D eigenvalue weighted by Crippen LogP contribution is -2.39. The van der Waals surface area contributed by atoms with Crippen molar-refractivity contribution >= 4 is 17.5 Å². The number of nitro benzene ring substituents is 1. The van der Waals surface area contributed by atoms with Gasteiger partial charge < -0.3 is 19.7 Å². The number of hydrogen-bond acceptors (Lipinski definition) is 6. The second kappa shape index (κ2) is 9.25. The van der Waals surface area contributed by atoms with E-state index >= 15 is 0 Å². The van der Waals surface area contributed by atoms with Crippen molar-refractivity contribution in [3.63, 3.8) is 0 Å². The van der Waals surface area contributed by atoms with E-state index in [4.69, 9.17) is 9.47 Å². The van der Waals surface area contributed by atoms with Gasteiger partial charge in [-0.3, -0.25) is 19.7 Å². The molecule has 1 aliphatic heterocycles. The Bertz CT molecular complexity index is 962. The third-order valence-corrected chi connectivity index (χ3v) is 5.09. The molecule has 1 atom stereocenters. The predicted molar refractivity (Wildman–Crippen MR) is 109 cm³/mol. The molecule has 30 heavy (non-hydrogen) atoms. The van der Waals surface area contributed by atoms with Crippen LogP contribution in [0.3, 0.4) is 0 Å². The number of hydrogen-bond donors (Lipinski definition) is 1. The third-order valence-electron chi connectivity index (χ3n) is 5.09. The average molecular weight is 413 g/mol. The lowest BCUT2D eigenvalue weighted by Gasteiger charge is -2.26. The van der Waals surface area contributed by atoms with E-state index in [0.717, 1.165) is 18.4 Å². The van der Waals surface area contributed by atoms with Gasteiger partial charge in [-0.25, -0.2) is 0 Å². The van der Waals surface area contributed by atoms with E-state index in [0.29, 0.717) is 18.0 Å². The van der Waals surface area contributed by atoms with Crippen LogP contribution in [0.4, 0.5) is 5.69 Å². The summed E-state index contributed by atoms with van der Waals surface area (Å²) in [6.07, 6.45) is 1.62. The smallest absolute Gasteiger partial charge is 0.270 e. The third kappa shape index (κ3) is 4.51. The van der Waals surface area contributed by atoms with Gasteiger partial charge in [0.1, 0.15) is 11.5 Å². The summed E-state index contributed by atoms with van der Waals surface area (Å²) in [5.41, 5.74) is 0.834. The molecule has 9 nitrogen and oxygen atoms in total. The number of likely N-dealkylation sites (tertiary alicyclic amines) is 1. The zero-order chi connectivity index (χ0) is 21.7. The Balaban J connectivity index is 1.68. The topological polar surface area (TPSA) is 111 Å². The van der Waals surface area contributed by atoms with Gasteiger partial charge in [-0.05, 0) is 31.0 Å². The molecule has 2 aromatic rings. The number of carbonyl (C=O) groups is 2. The van der Waals surface area contributed by atoms with Crippen molar-refractivity contribution in [2.45, 2.75) is 18.9 Å². The summed E-state index contributed by atoms with van der Waals surface area (Å²) in [7, 11) is 3.14. The zero-order valence-corrected chi connectivity index (χ0v) is 16.8. The van der Waals surface area contributed by atoms with Crippen LogP contribution in [0, 0.1) is 10.1 Å². The van der Waals surface area contributed by atoms with Gasteiger partial charge in [0.15, 0.2) is 0 Å². The Kier molecular flexibility index (Phi) is 6.51. The first-order chi connectivity index (χ1) is 14.4. The normalized spacial score (nSPS) is 15.5. The van der Waals surface area contributed by atoms with Crippen LogP contribution in [0.5, 0.6) is 11.5 Å². The molecular weight excluding hydrogens is 390 g/mol. The number of carbonyl (C=O) groups excluding carboxylic acids is 2. The Morgan fingerprint density at radius 3 is 2.70 bits per heavy atom. The van der Waals surface area contributed by atoms with Crippen molar-refractivity contribution in [3.05, 3.63) is 63.7 Å². The molecule has 0 radical (unpaired) electrons. The molecule has 0 saturated carbocycles. The Morgan fingerprint density at radius 1 is 1.20 bits per heavy atom. The summed E-state index contributed by atoms with van der Waals surface area (Å²) >= 11 is 0. The van der Waals surface area contributed by atoms with Crippen molar-refractivity contribution in [1.29, 1.82) is 0 Å². The molecule has 3 rings (SSSR count). The van der Waals surface area contributed by atoms with E-state index in [-0.39, 0.29) is 29.7 Å². The molecule has 1 unspecified atom stereocenters. The fraction of sp³-hybridized carbons (Fsp3) is 0.333. The van der Waals surface area contributed by atoms with Gasteiger partial charge in [0.05, 0.1) is 31.7 Å². The molecule has 1 fully saturated rings. The summed E-state index contributed by atoms with van der Waals surface area (Å²) in [6, 6.07) is 10.7. The highest BCUT2D eigenvalue weighted by molar-refractivity contribution is 5.97. The van der Waals surface area contributed by atoms with Gasteiger partial charge in [0, 0.05) is 35.9 Å². The van der Waals surface area contributed by atoms with Crippen molar-refractivity contribution in [3.8, 4) is 11.5 Å². The summed E-state index contributed by atoms with van der Waals surface area (Å²) in [6.45, 7) is 0.377. The number of methoxy groups -OCH3 is 2. The predicted octanol–water partition coefficient (Wildman–Crippen LogP) is 2.71. The van der Waals surface area contributed by atoms with Crippen LogP contribution in [0.1, 0.15) is 34.8 Å². The number of ether oxygens (including phenoxy) is 2. The van der Waals surface area contributed by atoms with Crippen LogP contribution >= 0.6 is 0 Å². The van der Waals surface area contributed by atoms with Crippen molar-refractivity contribution in [2.75, 3.05) is 27.3 Å². The fourth-order valence-corrected chi connectivity index (χ4v) is 3.60. The van der Waals surface area contributed by atoms with Gasteiger partial charge in [0.2, 0.25) is 5.91 Å². The second-order valence-corrected chi connectivity index (χ2v) is 6.84. The molecule has 1 aliphatic rings. The van der Waals surface area contributed by atoms with Crippen molar-refractivity contribution in [2.24, 2.45) is 0 Å². The van der Waals surface area contributed by atoms with Crippen LogP contribution in [-0.4, -0.2) is 48.9 Å². The van der Waals surface area contributed by atoms with E-state index in [1.54, 1.807) is 25.2 Å². The van der Waals surface area contributed by atoms with Crippen LogP contribution in [-0.2, 0) is 4.79 Å². The Hall–Kier alpha value is -3.62. The van der Waals surface area contributed by atoms with Crippen LogP contribution in [0.25, 0.3) is 0 Å². The maximum absolute atomic E-state index is 12.8. The number of non-ortho nitro benzene ring substituents is 1. The highest BCUT2D eigenvalue weighted by atomic mass is 16.6. The molecule has 1 heterocycles. The number of amides is 2. The van der Waals surface area contributed by atoms with Gasteiger partial charge in [-0.15, -0.1) is 0 Å². The van der Waals surface area contributed by atoms with E-state index in [9.17, 15) is 19.7 Å². The molecule has 0 aromatic heterocycles. The van der Waals surface area contributed by atoms with Crippen LogP contribution in [0.2, 0.25) is 0 Å². The molecule has 0 spiro atoms. The monoisotopic (exact) mass is 413 g/mol. The van der Waals surface area contributed by atoms with E-state index < -0.39 is 10.8 Å². The molecular formula is C21H23N3O6. The summed E-state index contributed by atoms with van der Waals surface area (Å²) in [5.74, 6) is 0.536. The molecule has 0 aliphatic carbocycles. The molecule has 1 saturated heterocycles. The maximum atomic E-state index is 12.8. The molecule has 1 N–H and O–H groups in total. The lowest BCUT2D eigenvalue weighted by molar-refractivity contribution is -0.384. The Labute approximate surface area is 173 Å². The number of nitrogens with one attached hydrogen (secondary N) is 1. The van der Waals surface area contributed by atoms with E-state index in [1.807, 2.05) is 12.1 Å². The van der Waals surface area contributed by atoms with Crippen molar-refractivity contribution in [1.82, 2.24) is 10.2 Å². The van der Waals surface area contributed by atoms with Gasteiger partial charge in [0.25, 0.3) is 11.6 Å². The quantitative estimate of drug-likeness (QED) is 0.552. The van der Waals surface area contributed by atoms with Gasteiger partial charge >= 0.3 is 0 Å². The number of rotatable bonds is 7. The highest BCUT2D eigenvalue weighted by Crippen LogP contribution is 2.38. The van der Waals surface area contributed by atoms with Gasteiger partial charge in [-0.1, -0.05) is 6.07 Å². The Morgan fingerprint density at radius 2 is 2.00 bits per heavy atom. The molecule has 2 amide bonds. The first-order valence-corrected chi connectivity index (χ1v) is 9.48. The molecule has 2 aromatic carbocycles. The summed E-state index contributed by atoms with van der Waals surface area (Å²) < 4.78 is 10.7. The standard InChI is InChI=1S/C21H23N3O6/c1-29-16-8-9-17(19(12-16)30-2)18-7-4-10-23(18)20(25)13-22-21(26)14-5-3-6-15(11-14)24(27)28/h3,5-6,8-9,11-12,18H,4,7,10,13H2,1-2H3,(H,22,26). The van der Waals surface area contributed by atoms with Crippen LogP contribution < -0.4 is 14.8 Å². The fourth-order valence-electron chi connectivity index (χ4n) is 3.60. The number of nitrogens with zero attached hydrogens (tertiary/aromatic N) is 2. The van der Waals surface area contributed by atoms with E-state index in [2.05, 4.69) is 5.32 Å². The first-order valence-electron chi connectivity index (χ1n) is 9.48. The largest absolute Gasteiger partial charge is 0.497 e. The van der Waals surface area contributed by atoms with Gasteiger partial charge in [-0.2, -0.15) is 0 Å². The zero-order valence-electron chi connectivity index (χ0n) is 16.8. The maximum Gasteiger partial charge on any atom is 0.270 e. The van der Waals surface area contributed by atoms with Crippen molar-refractivity contribution < 1.29 is 24.0 Å². The minimum atomic E-state index is -0.570. The summed E-state index contributed by atoms with van der Waals surface area (Å²) in [4.78, 5) is 37.1. The second-order valence-electron chi connectivity index (χ2n) is 6.84. The summed E-state index contributed by atoms with van der Waals surface area (Å²) in [5, 5.41) is 13.4. The highest BCUT2D eigenvalue weighted by Gasteiger charge is 2.32. The molecule has 9 heteroatoms. The average Bonchev–Trinajstić information content (AvgIpc) is 3.26. The number of nitro groups is 1. The number of benzene rings is 2. The SMILES string of the molecule is COc1ccc(C2CCCN2C(=O)CNC(=O)c2cccc([N+](=O)[O-])c2)c(OC)c1. The first kappa shape index (κ1) is 21.1. The van der Waals surface area contributed by atoms with Crippen LogP contribution in [0.15, 0.2) is 42.5 Å². The molecule has 0 bridgehead atoms. The minimum Gasteiger partial charge on any atom is -0.497 e.